The lowest BCUT2D eigenvalue weighted by molar-refractivity contribution is -0.130. The van der Waals surface area contributed by atoms with Crippen LogP contribution in [0.4, 0.5) is 0 Å². The van der Waals surface area contributed by atoms with Gasteiger partial charge in [-0.15, -0.1) is 0 Å². The van der Waals surface area contributed by atoms with Crippen LogP contribution in [0.1, 0.15) is 33.5 Å². The fourth-order valence-electron chi connectivity index (χ4n) is 2.46. The summed E-state index contributed by atoms with van der Waals surface area (Å²) in [5.74, 6) is -0.0712. The minimum atomic E-state index is -0.126. The third kappa shape index (κ3) is 5.18. The van der Waals surface area contributed by atoms with Crippen molar-refractivity contribution in [3.8, 4) is 6.07 Å². The molecule has 0 aliphatic carbocycles. The second-order valence-corrected chi connectivity index (χ2v) is 5.83. The highest BCUT2D eigenvalue weighted by Gasteiger charge is 2.10. The van der Waals surface area contributed by atoms with Gasteiger partial charge in [0.2, 0.25) is 5.91 Å². The third-order valence-electron chi connectivity index (χ3n) is 4.00. The molecule has 0 saturated carbocycles. The van der Waals surface area contributed by atoms with Gasteiger partial charge in [-0.1, -0.05) is 24.3 Å². The number of nitrogens with zero attached hydrogens (tertiary/aromatic N) is 2. The van der Waals surface area contributed by atoms with Gasteiger partial charge in [0.05, 0.1) is 11.6 Å². The Hall–Kier alpha value is -3.13. The van der Waals surface area contributed by atoms with Crippen LogP contribution in [0.15, 0.2) is 48.5 Å². The molecule has 2 aromatic carbocycles. The topological polar surface area (TPSA) is 73.2 Å². The molecule has 25 heavy (non-hydrogen) atoms. The van der Waals surface area contributed by atoms with Gasteiger partial charge in [-0.25, -0.2) is 0 Å². The largest absolute Gasteiger partial charge is 0.355 e. The number of nitriles is 1. The van der Waals surface area contributed by atoms with E-state index in [2.05, 4.69) is 11.4 Å². The van der Waals surface area contributed by atoms with Gasteiger partial charge in [0, 0.05) is 32.6 Å². The average Bonchev–Trinajstić information content (AvgIpc) is 2.66. The highest BCUT2D eigenvalue weighted by molar-refractivity contribution is 5.93. The smallest absolute Gasteiger partial charge is 0.251 e. The van der Waals surface area contributed by atoms with Gasteiger partial charge in [-0.2, -0.15) is 5.26 Å². The Balaban J connectivity index is 1.87. The molecule has 5 nitrogen and oxygen atoms in total. The van der Waals surface area contributed by atoms with E-state index in [0.717, 1.165) is 11.1 Å². The Morgan fingerprint density at radius 1 is 1.04 bits per heavy atom. The molecule has 0 bridgehead atoms. The Morgan fingerprint density at radius 2 is 1.64 bits per heavy atom. The first-order chi connectivity index (χ1) is 12.0. The molecule has 0 aliphatic rings. The molecule has 2 aromatic rings. The van der Waals surface area contributed by atoms with Crippen molar-refractivity contribution in [1.29, 1.82) is 5.26 Å². The number of benzene rings is 2. The molecule has 0 atom stereocenters. The van der Waals surface area contributed by atoms with Gasteiger partial charge in [0.1, 0.15) is 0 Å². The molecule has 2 amide bonds. The molecule has 0 heterocycles. The summed E-state index contributed by atoms with van der Waals surface area (Å²) in [6.07, 6.45) is 1.06. The van der Waals surface area contributed by atoms with Gasteiger partial charge in [0.25, 0.3) is 5.91 Å². The minimum absolute atomic E-state index is 0.0553. The van der Waals surface area contributed by atoms with E-state index in [4.69, 9.17) is 5.26 Å². The maximum Gasteiger partial charge on any atom is 0.251 e. The quantitative estimate of drug-likeness (QED) is 0.881. The lowest BCUT2D eigenvalue weighted by Crippen LogP contribution is -2.26. The maximum atomic E-state index is 12.3. The Kier molecular flexibility index (Phi) is 6.30. The van der Waals surface area contributed by atoms with E-state index in [1.165, 1.54) is 0 Å². The molecule has 2 rings (SSSR count). The molecule has 0 spiro atoms. The monoisotopic (exact) mass is 335 g/mol. The molecule has 0 aliphatic heterocycles. The van der Waals surface area contributed by atoms with Gasteiger partial charge in [0.15, 0.2) is 0 Å². The highest BCUT2D eigenvalue weighted by atomic mass is 16.2. The second-order valence-electron chi connectivity index (χ2n) is 5.83. The zero-order valence-corrected chi connectivity index (χ0v) is 14.5. The van der Waals surface area contributed by atoms with Gasteiger partial charge in [-0.05, 0) is 41.8 Å². The van der Waals surface area contributed by atoms with Crippen LogP contribution < -0.4 is 5.32 Å². The van der Waals surface area contributed by atoms with Crippen LogP contribution in [0.3, 0.4) is 0 Å². The van der Waals surface area contributed by atoms with Crippen LogP contribution in [0.25, 0.3) is 0 Å². The van der Waals surface area contributed by atoms with Crippen LogP contribution in [0.2, 0.25) is 0 Å². The van der Waals surface area contributed by atoms with Crippen LogP contribution in [-0.2, 0) is 17.8 Å². The lowest BCUT2D eigenvalue weighted by atomic mass is 10.1. The van der Waals surface area contributed by atoms with Crippen molar-refractivity contribution in [2.75, 3.05) is 14.1 Å². The van der Waals surface area contributed by atoms with E-state index in [0.29, 0.717) is 30.5 Å². The van der Waals surface area contributed by atoms with Crippen molar-refractivity contribution in [1.82, 2.24) is 10.2 Å². The first-order valence-corrected chi connectivity index (χ1v) is 8.07. The summed E-state index contributed by atoms with van der Waals surface area (Å²) in [6.45, 7) is 0.500. The predicted molar refractivity (Wildman–Crippen MR) is 95.8 cm³/mol. The summed E-state index contributed by atoms with van der Waals surface area (Å²) in [7, 11) is 3.37. The van der Waals surface area contributed by atoms with Crippen molar-refractivity contribution >= 4 is 11.8 Å². The first kappa shape index (κ1) is 18.2. The Bertz CT molecular complexity index is 774. The summed E-state index contributed by atoms with van der Waals surface area (Å²) in [5, 5.41) is 11.4. The minimum Gasteiger partial charge on any atom is -0.355 e. The normalized spacial score (nSPS) is 9.96. The molecule has 0 fully saturated rings. The number of carbonyl (C=O) groups is 2. The van der Waals surface area contributed by atoms with E-state index in [-0.39, 0.29) is 11.8 Å². The average molecular weight is 335 g/mol. The summed E-state index contributed by atoms with van der Waals surface area (Å²) in [4.78, 5) is 25.5. The number of amides is 2. The summed E-state index contributed by atoms with van der Waals surface area (Å²) >= 11 is 0. The molecular formula is C20H21N3O2. The Labute approximate surface area is 147 Å². The predicted octanol–water partition coefficient (Wildman–Crippen LogP) is 2.51. The van der Waals surface area contributed by atoms with Crippen LogP contribution >= 0.6 is 0 Å². The molecule has 0 unspecified atom stereocenters. The SMILES string of the molecule is CNC(=O)c1ccc(CN(C)C(=O)CCc2ccc(C#N)cc2)cc1. The van der Waals surface area contributed by atoms with Gasteiger partial charge < -0.3 is 10.2 Å². The van der Waals surface area contributed by atoms with Crippen LogP contribution in [-0.4, -0.2) is 30.8 Å². The van der Waals surface area contributed by atoms with Crippen LogP contribution in [0.5, 0.6) is 0 Å². The number of aryl methyl sites for hydroxylation is 1. The zero-order chi connectivity index (χ0) is 18.2. The van der Waals surface area contributed by atoms with Crippen molar-refractivity contribution in [2.45, 2.75) is 19.4 Å². The molecular weight excluding hydrogens is 314 g/mol. The fraction of sp³-hybridized carbons (Fsp3) is 0.250. The number of hydrogen-bond donors (Lipinski definition) is 1. The van der Waals surface area contributed by atoms with Crippen molar-refractivity contribution in [2.24, 2.45) is 0 Å². The number of rotatable bonds is 6. The molecule has 0 aromatic heterocycles. The maximum absolute atomic E-state index is 12.3. The van der Waals surface area contributed by atoms with Crippen LogP contribution in [0, 0.1) is 11.3 Å². The fourth-order valence-corrected chi connectivity index (χ4v) is 2.46. The molecule has 0 saturated heterocycles. The molecule has 5 heteroatoms. The van der Waals surface area contributed by atoms with Crippen molar-refractivity contribution < 1.29 is 9.59 Å². The van der Waals surface area contributed by atoms with E-state index in [9.17, 15) is 9.59 Å². The molecule has 128 valence electrons. The molecule has 1 N–H and O–H groups in total. The number of nitrogens with one attached hydrogen (secondary N) is 1. The summed E-state index contributed by atoms with van der Waals surface area (Å²) in [6, 6.07) is 16.6. The number of hydrogen-bond acceptors (Lipinski definition) is 3. The van der Waals surface area contributed by atoms with E-state index in [1.807, 2.05) is 24.3 Å². The number of carbonyl (C=O) groups excluding carboxylic acids is 2. The van der Waals surface area contributed by atoms with Gasteiger partial charge in [-0.3, -0.25) is 9.59 Å². The molecule has 0 radical (unpaired) electrons. The van der Waals surface area contributed by atoms with E-state index in [1.54, 1.807) is 43.3 Å². The third-order valence-corrected chi connectivity index (χ3v) is 4.00. The Morgan fingerprint density at radius 3 is 2.20 bits per heavy atom. The zero-order valence-electron chi connectivity index (χ0n) is 14.5. The lowest BCUT2D eigenvalue weighted by Gasteiger charge is -2.17. The van der Waals surface area contributed by atoms with Gasteiger partial charge >= 0.3 is 0 Å². The second kappa shape index (κ2) is 8.65. The van der Waals surface area contributed by atoms with Crippen molar-refractivity contribution in [3.63, 3.8) is 0 Å². The first-order valence-electron chi connectivity index (χ1n) is 8.07. The highest BCUT2D eigenvalue weighted by Crippen LogP contribution is 2.10. The summed E-state index contributed by atoms with van der Waals surface area (Å²) in [5.41, 5.74) is 3.23. The van der Waals surface area contributed by atoms with Crippen molar-refractivity contribution in [3.05, 3.63) is 70.8 Å². The van der Waals surface area contributed by atoms with E-state index < -0.39 is 0 Å². The summed E-state index contributed by atoms with van der Waals surface area (Å²) < 4.78 is 0. The standard InChI is InChI=1S/C20H21N3O2/c1-22-20(25)18-10-7-17(8-11-18)14-23(2)19(24)12-9-15-3-5-16(13-21)6-4-15/h3-8,10-11H,9,12,14H2,1-2H3,(H,22,25). The van der Waals surface area contributed by atoms with E-state index >= 15 is 0 Å².